The molecule has 2 aromatic carbocycles. The number of fused-ring (bicyclic) bond motifs is 1. The van der Waals surface area contributed by atoms with E-state index in [-0.39, 0.29) is 16.7 Å². The molecule has 0 spiro atoms. The Bertz CT molecular complexity index is 1060. The van der Waals surface area contributed by atoms with Crippen LogP contribution in [0.3, 0.4) is 0 Å². The first-order valence-corrected chi connectivity index (χ1v) is 10.7. The standard InChI is InChI=1S/C21H22N2O3S/c1-15-11-13-17(14-12-15)27(24,25)26-21-18-9-5-6-10-19(18)22-20(23-21)16-7-3-2-4-8-16/h5-6,9-14,16H,2-4,7-8H2,1H3. The molecule has 140 valence electrons. The molecule has 0 radical (unpaired) electrons. The first-order valence-electron chi connectivity index (χ1n) is 9.31. The molecule has 0 saturated heterocycles. The summed E-state index contributed by atoms with van der Waals surface area (Å²) in [5.41, 5.74) is 1.70. The van der Waals surface area contributed by atoms with E-state index in [1.165, 1.54) is 6.42 Å². The molecule has 1 saturated carbocycles. The lowest BCUT2D eigenvalue weighted by Crippen LogP contribution is -2.14. The number of hydrogen-bond acceptors (Lipinski definition) is 5. The van der Waals surface area contributed by atoms with Gasteiger partial charge in [-0.1, -0.05) is 49.1 Å². The molecule has 3 aromatic rings. The summed E-state index contributed by atoms with van der Waals surface area (Å²) in [5.74, 6) is 1.05. The molecular formula is C21H22N2O3S. The lowest BCUT2D eigenvalue weighted by molar-refractivity contribution is 0.423. The van der Waals surface area contributed by atoms with Crippen molar-refractivity contribution in [2.24, 2.45) is 0 Å². The number of rotatable bonds is 4. The monoisotopic (exact) mass is 382 g/mol. The minimum Gasteiger partial charge on any atom is -0.357 e. The smallest absolute Gasteiger partial charge is 0.340 e. The maximum atomic E-state index is 12.8. The Labute approximate surface area is 159 Å². The Morgan fingerprint density at radius 2 is 1.63 bits per heavy atom. The average Bonchev–Trinajstić information content (AvgIpc) is 2.69. The first kappa shape index (κ1) is 17.9. The van der Waals surface area contributed by atoms with Gasteiger partial charge < -0.3 is 4.18 Å². The van der Waals surface area contributed by atoms with Crippen LogP contribution in [0.1, 0.15) is 49.4 Å². The highest BCUT2D eigenvalue weighted by Crippen LogP contribution is 2.34. The average molecular weight is 382 g/mol. The van der Waals surface area contributed by atoms with Gasteiger partial charge in [-0.2, -0.15) is 13.4 Å². The van der Waals surface area contributed by atoms with Crippen molar-refractivity contribution in [1.82, 2.24) is 9.97 Å². The maximum absolute atomic E-state index is 12.8. The zero-order valence-electron chi connectivity index (χ0n) is 15.3. The summed E-state index contributed by atoms with van der Waals surface area (Å²) in [6.07, 6.45) is 5.59. The summed E-state index contributed by atoms with van der Waals surface area (Å²) in [4.78, 5) is 9.35. The van der Waals surface area contributed by atoms with Crippen LogP contribution in [0, 0.1) is 6.92 Å². The van der Waals surface area contributed by atoms with E-state index in [9.17, 15) is 8.42 Å². The Morgan fingerprint density at radius 3 is 2.37 bits per heavy atom. The van der Waals surface area contributed by atoms with Gasteiger partial charge in [-0.05, 0) is 44.0 Å². The second kappa shape index (κ2) is 7.27. The molecule has 27 heavy (non-hydrogen) atoms. The van der Waals surface area contributed by atoms with Crippen molar-refractivity contribution in [3.63, 3.8) is 0 Å². The molecule has 0 aliphatic heterocycles. The van der Waals surface area contributed by atoms with E-state index in [4.69, 9.17) is 4.18 Å². The quantitative estimate of drug-likeness (QED) is 0.609. The number of para-hydroxylation sites is 1. The molecule has 1 fully saturated rings. The summed E-state index contributed by atoms with van der Waals surface area (Å²) in [7, 11) is -3.96. The van der Waals surface area contributed by atoms with Crippen molar-refractivity contribution in [3.8, 4) is 5.88 Å². The normalized spacial score (nSPS) is 15.7. The molecule has 0 unspecified atom stereocenters. The van der Waals surface area contributed by atoms with Crippen LogP contribution < -0.4 is 4.18 Å². The largest absolute Gasteiger partial charge is 0.357 e. The van der Waals surface area contributed by atoms with E-state index in [0.29, 0.717) is 16.7 Å². The molecular weight excluding hydrogens is 360 g/mol. The summed E-state index contributed by atoms with van der Waals surface area (Å²) in [6, 6.07) is 14.0. The highest BCUT2D eigenvalue weighted by molar-refractivity contribution is 7.87. The van der Waals surface area contributed by atoms with Gasteiger partial charge >= 0.3 is 10.1 Å². The minimum absolute atomic E-state index is 0.113. The second-order valence-corrected chi connectivity index (χ2v) is 8.64. The predicted molar refractivity (Wildman–Crippen MR) is 104 cm³/mol. The van der Waals surface area contributed by atoms with Crippen LogP contribution in [0.15, 0.2) is 53.4 Å². The lowest BCUT2D eigenvalue weighted by Gasteiger charge is -2.21. The van der Waals surface area contributed by atoms with E-state index < -0.39 is 10.1 Å². The summed E-state index contributed by atoms with van der Waals surface area (Å²) >= 11 is 0. The van der Waals surface area contributed by atoms with Crippen molar-refractivity contribution in [2.45, 2.75) is 49.8 Å². The molecule has 4 rings (SSSR count). The number of nitrogens with zero attached hydrogens (tertiary/aromatic N) is 2. The molecule has 1 aliphatic rings. The van der Waals surface area contributed by atoms with Crippen LogP contribution in [0.4, 0.5) is 0 Å². The van der Waals surface area contributed by atoms with Crippen LogP contribution in [0.25, 0.3) is 10.9 Å². The zero-order valence-corrected chi connectivity index (χ0v) is 16.1. The van der Waals surface area contributed by atoms with Gasteiger partial charge in [0, 0.05) is 5.92 Å². The van der Waals surface area contributed by atoms with Gasteiger partial charge in [0.15, 0.2) is 0 Å². The van der Waals surface area contributed by atoms with Crippen molar-refractivity contribution in [1.29, 1.82) is 0 Å². The van der Waals surface area contributed by atoms with Gasteiger partial charge in [-0.25, -0.2) is 4.98 Å². The van der Waals surface area contributed by atoms with E-state index in [1.54, 1.807) is 30.3 Å². The fraction of sp³-hybridized carbons (Fsp3) is 0.333. The van der Waals surface area contributed by atoms with E-state index >= 15 is 0 Å². The van der Waals surface area contributed by atoms with Crippen molar-refractivity contribution < 1.29 is 12.6 Å². The van der Waals surface area contributed by atoms with Gasteiger partial charge in [-0.3, -0.25) is 0 Å². The van der Waals surface area contributed by atoms with Crippen LogP contribution in [-0.2, 0) is 10.1 Å². The molecule has 1 aromatic heterocycles. The van der Waals surface area contributed by atoms with Crippen LogP contribution in [0.2, 0.25) is 0 Å². The highest BCUT2D eigenvalue weighted by Gasteiger charge is 2.23. The van der Waals surface area contributed by atoms with Crippen molar-refractivity contribution in [3.05, 3.63) is 59.9 Å². The summed E-state index contributed by atoms with van der Waals surface area (Å²) in [5, 5.41) is 0.604. The van der Waals surface area contributed by atoms with Gasteiger partial charge in [0.1, 0.15) is 10.7 Å². The number of aromatic nitrogens is 2. The van der Waals surface area contributed by atoms with Crippen molar-refractivity contribution >= 4 is 21.0 Å². The third-order valence-corrected chi connectivity index (χ3v) is 6.28. The van der Waals surface area contributed by atoms with E-state index in [0.717, 1.165) is 31.2 Å². The van der Waals surface area contributed by atoms with Crippen molar-refractivity contribution in [2.75, 3.05) is 0 Å². The second-order valence-electron chi connectivity index (χ2n) is 7.09. The molecule has 0 amide bonds. The van der Waals surface area contributed by atoms with Crippen LogP contribution in [0.5, 0.6) is 5.88 Å². The topological polar surface area (TPSA) is 69.2 Å². The SMILES string of the molecule is Cc1ccc(S(=O)(=O)Oc2nc(C3CCCCC3)nc3ccccc23)cc1. The number of benzene rings is 2. The lowest BCUT2D eigenvalue weighted by atomic mass is 9.88. The molecule has 0 bridgehead atoms. The molecule has 5 nitrogen and oxygen atoms in total. The predicted octanol–water partition coefficient (Wildman–Crippen LogP) is 4.75. The molecule has 0 atom stereocenters. The number of hydrogen-bond donors (Lipinski definition) is 0. The molecule has 1 heterocycles. The number of aryl methyl sites for hydroxylation is 1. The van der Waals surface area contributed by atoms with Gasteiger partial charge in [-0.15, -0.1) is 0 Å². The molecule has 6 heteroatoms. The van der Waals surface area contributed by atoms with Crippen LogP contribution in [-0.4, -0.2) is 18.4 Å². The fourth-order valence-electron chi connectivity index (χ4n) is 3.53. The van der Waals surface area contributed by atoms with Gasteiger partial charge in [0.25, 0.3) is 0 Å². The Hall–Kier alpha value is -2.47. The Balaban J connectivity index is 1.76. The fourth-order valence-corrected chi connectivity index (χ4v) is 4.43. The highest BCUT2D eigenvalue weighted by atomic mass is 32.2. The third kappa shape index (κ3) is 3.81. The van der Waals surface area contributed by atoms with Gasteiger partial charge in [0.2, 0.25) is 5.88 Å². The summed E-state index contributed by atoms with van der Waals surface area (Å²) < 4.78 is 31.0. The zero-order chi connectivity index (χ0) is 18.9. The minimum atomic E-state index is -3.96. The summed E-state index contributed by atoms with van der Waals surface area (Å²) in [6.45, 7) is 1.91. The molecule has 1 aliphatic carbocycles. The van der Waals surface area contributed by atoms with Crippen LogP contribution >= 0.6 is 0 Å². The van der Waals surface area contributed by atoms with Gasteiger partial charge in [0.05, 0.1) is 10.9 Å². The Kier molecular flexibility index (Phi) is 4.83. The van der Waals surface area contributed by atoms with E-state index in [2.05, 4.69) is 9.97 Å². The Morgan fingerprint density at radius 1 is 0.926 bits per heavy atom. The first-order chi connectivity index (χ1) is 13.0. The maximum Gasteiger partial charge on any atom is 0.340 e. The van der Waals surface area contributed by atoms with E-state index in [1.807, 2.05) is 25.1 Å². The molecule has 0 N–H and O–H groups in total. The third-order valence-electron chi connectivity index (χ3n) is 5.05.